The maximum absolute atomic E-state index is 12.0. The van der Waals surface area contributed by atoms with E-state index >= 15 is 0 Å². The quantitative estimate of drug-likeness (QED) is 0.626. The van der Waals surface area contributed by atoms with Crippen LogP contribution in [0.5, 0.6) is 0 Å². The Morgan fingerprint density at radius 3 is 2.68 bits per heavy atom. The lowest BCUT2D eigenvalue weighted by Crippen LogP contribution is -2.40. The molecule has 0 N–H and O–H groups in total. The average Bonchev–Trinajstić information content (AvgIpc) is 2.33. The van der Waals surface area contributed by atoms with Gasteiger partial charge < -0.3 is 4.90 Å². The van der Waals surface area contributed by atoms with Gasteiger partial charge in [-0.25, -0.2) is 0 Å². The number of anilines is 1. The first-order chi connectivity index (χ1) is 8.90. The van der Waals surface area contributed by atoms with E-state index in [1.807, 2.05) is 6.92 Å². The summed E-state index contributed by atoms with van der Waals surface area (Å²) >= 11 is 0. The predicted octanol–water partition coefficient (Wildman–Crippen LogP) is 1.92. The van der Waals surface area contributed by atoms with E-state index in [-0.39, 0.29) is 17.4 Å². The number of carbonyl (C=O) groups excluding carboxylic acids is 2. The molecule has 0 saturated carbocycles. The van der Waals surface area contributed by atoms with E-state index in [1.54, 1.807) is 23.1 Å². The molecule has 1 aromatic rings. The number of ketones is 1. The highest BCUT2D eigenvalue weighted by Crippen LogP contribution is 2.30. The number of rotatable bonds is 3. The second kappa shape index (κ2) is 5.09. The van der Waals surface area contributed by atoms with Gasteiger partial charge in [-0.15, -0.1) is 0 Å². The Morgan fingerprint density at radius 1 is 1.42 bits per heavy atom. The van der Waals surface area contributed by atoms with Crippen LogP contribution in [0.3, 0.4) is 0 Å². The summed E-state index contributed by atoms with van der Waals surface area (Å²) in [6.45, 7) is 7.47. The van der Waals surface area contributed by atoms with Crippen molar-refractivity contribution in [2.75, 3.05) is 17.2 Å². The SMILES string of the molecule is C=C(C)CN1C(=O)CS(=O)c2ccc(C(C)=O)cc21. The summed E-state index contributed by atoms with van der Waals surface area (Å²) in [6.07, 6.45) is 0. The fourth-order valence-corrected chi connectivity index (χ4v) is 3.14. The van der Waals surface area contributed by atoms with Crippen molar-refractivity contribution < 1.29 is 13.8 Å². The van der Waals surface area contributed by atoms with Gasteiger partial charge in [0.15, 0.2) is 5.78 Å². The van der Waals surface area contributed by atoms with Crippen LogP contribution in [-0.2, 0) is 15.6 Å². The predicted molar refractivity (Wildman–Crippen MR) is 74.9 cm³/mol. The van der Waals surface area contributed by atoms with E-state index < -0.39 is 10.8 Å². The maximum atomic E-state index is 12.0. The first-order valence-electron chi connectivity index (χ1n) is 5.88. The van der Waals surface area contributed by atoms with Gasteiger partial charge in [-0.05, 0) is 26.0 Å². The Hall–Kier alpha value is -1.75. The van der Waals surface area contributed by atoms with Gasteiger partial charge in [0.25, 0.3) is 0 Å². The third kappa shape index (κ3) is 2.66. The molecule has 0 saturated heterocycles. The van der Waals surface area contributed by atoms with Crippen LogP contribution in [0.2, 0.25) is 0 Å². The highest BCUT2D eigenvalue weighted by molar-refractivity contribution is 7.86. The van der Waals surface area contributed by atoms with Gasteiger partial charge in [-0.2, -0.15) is 0 Å². The molecule has 1 aromatic carbocycles. The van der Waals surface area contributed by atoms with E-state index in [2.05, 4.69) is 6.58 Å². The second-order valence-electron chi connectivity index (χ2n) is 4.67. The molecule has 100 valence electrons. The van der Waals surface area contributed by atoms with E-state index in [0.717, 1.165) is 5.57 Å². The summed E-state index contributed by atoms with van der Waals surface area (Å²) < 4.78 is 12.0. The van der Waals surface area contributed by atoms with Crippen LogP contribution in [-0.4, -0.2) is 28.2 Å². The van der Waals surface area contributed by atoms with E-state index in [1.165, 1.54) is 6.92 Å². The molecular formula is C14H15NO3S. The number of carbonyl (C=O) groups is 2. The molecule has 1 aliphatic heterocycles. The largest absolute Gasteiger partial charge is 0.306 e. The minimum absolute atomic E-state index is 0.0142. The zero-order chi connectivity index (χ0) is 14.2. The number of amides is 1. The Labute approximate surface area is 114 Å². The smallest absolute Gasteiger partial charge is 0.240 e. The molecule has 1 aliphatic rings. The lowest BCUT2D eigenvalue weighted by Gasteiger charge is -2.29. The Balaban J connectivity index is 2.55. The third-order valence-corrected chi connectivity index (χ3v) is 4.23. The zero-order valence-corrected chi connectivity index (χ0v) is 11.8. The van der Waals surface area contributed by atoms with Crippen molar-refractivity contribution in [2.24, 2.45) is 0 Å². The number of hydrogen-bond acceptors (Lipinski definition) is 3. The van der Waals surface area contributed by atoms with Crippen molar-refractivity contribution in [1.82, 2.24) is 0 Å². The summed E-state index contributed by atoms with van der Waals surface area (Å²) in [7, 11) is -1.33. The van der Waals surface area contributed by atoms with Crippen molar-refractivity contribution in [3.8, 4) is 0 Å². The van der Waals surface area contributed by atoms with Crippen molar-refractivity contribution in [2.45, 2.75) is 18.7 Å². The fraction of sp³-hybridized carbons (Fsp3) is 0.286. The first-order valence-corrected chi connectivity index (χ1v) is 7.20. The average molecular weight is 277 g/mol. The monoisotopic (exact) mass is 277 g/mol. The Morgan fingerprint density at radius 2 is 2.11 bits per heavy atom. The Kier molecular flexibility index (Phi) is 3.66. The van der Waals surface area contributed by atoms with Crippen LogP contribution in [0.15, 0.2) is 35.2 Å². The number of nitrogens with zero attached hydrogens (tertiary/aromatic N) is 1. The number of benzene rings is 1. The summed E-state index contributed by atoms with van der Waals surface area (Å²) in [5.74, 6) is -0.295. The van der Waals surface area contributed by atoms with Crippen molar-refractivity contribution in [3.05, 3.63) is 35.9 Å². The normalized spacial score (nSPS) is 18.1. The lowest BCUT2D eigenvalue weighted by atomic mass is 10.1. The lowest BCUT2D eigenvalue weighted by molar-refractivity contribution is -0.116. The van der Waals surface area contributed by atoms with Gasteiger partial charge in [0.2, 0.25) is 5.91 Å². The Bertz CT molecular complexity index is 607. The van der Waals surface area contributed by atoms with E-state index in [9.17, 15) is 13.8 Å². The van der Waals surface area contributed by atoms with Crippen molar-refractivity contribution in [1.29, 1.82) is 0 Å². The molecule has 1 heterocycles. The van der Waals surface area contributed by atoms with Crippen LogP contribution in [0.1, 0.15) is 24.2 Å². The van der Waals surface area contributed by atoms with Crippen LogP contribution in [0, 0.1) is 0 Å². The van der Waals surface area contributed by atoms with Gasteiger partial charge in [-0.1, -0.05) is 18.2 Å². The first kappa shape index (κ1) is 13.7. The molecule has 0 spiro atoms. The number of hydrogen-bond donors (Lipinski definition) is 0. The molecular weight excluding hydrogens is 262 g/mol. The van der Waals surface area contributed by atoms with Crippen molar-refractivity contribution in [3.63, 3.8) is 0 Å². The molecule has 1 atom stereocenters. The molecule has 0 aliphatic carbocycles. The van der Waals surface area contributed by atoms with Gasteiger partial charge in [0.1, 0.15) is 5.75 Å². The van der Waals surface area contributed by atoms with Crippen LogP contribution in [0.25, 0.3) is 0 Å². The summed E-state index contributed by atoms with van der Waals surface area (Å²) in [4.78, 5) is 25.6. The number of fused-ring (bicyclic) bond motifs is 1. The fourth-order valence-electron chi connectivity index (χ4n) is 1.99. The molecule has 0 bridgehead atoms. The van der Waals surface area contributed by atoms with Gasteiger partial charge in [0, 0.05) is 12.1 Å². The molecule has 19 heavy (non-hydrogen) atoms. The number of Topliss-reactive ketones (excluding diaryl/α,β-unsaturated/α-hetero) is 1. The summed E-state index contributed by atoms with van der Waals surface area (Å²) in [5.41, 5.74) is 1.91. The molecule has 5 heteroatoms. The minimum atomic E-state index is -1.33. The summed E-state index contributed by atoms with van der Waals surface area (Å²) in [6, 6.07) is 4.95. The second-order valence-corrected chi connectivity index (χ2v) is 6.09. The van der Waals surface area contributed by atoms with Gasteiger partial charge >= 0.3 is 0 Å². The van der Waals surface area contributed by atoms with Gasteiger partial charge in [0.05, 0.1) is 21.4 Å². The van der Waals surface area contributed by atoms with Crippen LogP contribution in [0.4, 0.5) is 5.69 Å². The molecule has 1 unspecified atom stereocenters. The molecule has 0 radical (unpaired) electrons. The van der Waals surface area contributed by atoms with Crippen LogP contribution < -0.4 is 4.90 Å². The highest BCUT2D eigenvalue weighted by atomic mass is 32.2. The highest BCUT2D eigenvalue weighted by Gasteiger charge is 2.29. The van der Waals surface area contributed by atoms with E-state index in [0.29, 0.717) is 22.7 Å². The topological polar surface area (TPSA) is 54.5 Å². The standard InChI is InChI=1S/C14H15NO3S/c1-9(2)7-15-12-6-11(10(3)16)4-5-13(12)19(18)8-14(15)17/h4-6H,1,7-8H2,2-3H3. The molecule has 0 fully saturated rings. The maximum Gasteiger partial charge on any atom is 0.240 e. The molecule has 4 nitrogen and oxygen atoms in total. The molecule has 1 amide bonds. The minimum Gasteiger partial charge on any atom is -0.306 e. The zero-order valence-electron chi connectivity index (χ0n) is 10.9. The molecule has 0 aromatic heterocycles. The van der Waals surface area contributed by atoms with Gasteiger partial charge in [-0.3, -0.25) is 13.8 Å². The van der Waals surface area contributed by atoms with E-state index in [4.69, 9.17) is 0 Å². The molecule has 2 rings (SSSR count). The summed E-state index contributed by atoms with van der Waals surface area (Å²) in [5, 5.41) is 0. The van der Waals surface area contributed by atoms with Crippen molar-refractivity contribution >= 4 is 28.2 Å². The third-order valence-electron chi connectivity index (χ3n) is 2.89. The van der Waals surface area contributed by atoms with Crippen LogP contribution >= 0.6 is 0 Å².